The molecule has 2 heterocycles. The monoisotopic (exact) mass is 459 g/mol. The first-order valence-corrected chi connectivity index (χ1v) is 10.1. The van der Waals surface area contributed by atoms with Crippen molar-refractivity contribution < 1.29 is 13.2 Å². The van der Waals surface area contributed by atoms with Crippen molar-refractivity contribution in [1.82, 2.24) is 9.78 Å². The average molecular weight is 461 g/mol. The van der Waals surface area contributed by atoms with E-state index in [2.05, 4.69) is 10.4 Å². The summed E-state index contributed by atoms with van der Waals surface area (Å²) in [4.78, 5) is 0. The van der Waals surface area contributed by atoms with Crippen LogP contribution in [-0.2, 0) is 12.6 Å². The Balaban J connectivity index is 1.95. The second-order valence-electron chi connectivity index (χ2n) is 6.79. The van der Waals surface area contributed by atoms with Crippen molar-refractivity contribution in [2.24, 2.45) is 0 Å². The largest absolute Gasteiger partial charge is 0.416 e. The van der Waals surface area contributed by atoms with E-state index in [9.17, 15) is 13.2 Å². The number of fused-ring (bicyclic) bond motifs is 1. The second kappa shape index (κ2) is 7.74. The van der Waals surface area contributed by atoms with Crippen molar-refractivity contribution in [2.75, 3.05) is 11.9 Å². The van der Waals surface area contributed by atoms with Crippen molar-refractivity contribution in [3.63, 3.8) is 0 Å². The van der Waals surface area contributed by atoms with E-state index in [-0.39, 0.29) is 10.6 Å². The van der Waals surface area contributed by atoms with Crippen LogP contribution in [0.15, 0.2) is 36.4 Å². The van der Waals surface area contributed by atoms with Gasteiger partial charge in [0.15, 0.2) is 0 Å². The Morgan fingerprint density at radius 2 is 1.69 bits per heavy atom. The van der Waals surface area contributed by atoms with Gasteiger partial charge < -0.3 is 5.32 Å². The summed E-state index contributed by atoms with van der Waals surface area (Å²) in [6, 6.07) is 8.27. The molecule has 1 aliphatic rings. The van der Waals surface area contributed by atoms with Gasteiger partial charge in [0.1, 0.15) is 5.82 Å². The molecular weight excluding hydrogens is 446 g/mol. The van der Waals surface area contributed by atoms with Crippen LogP contribution in [-0.4, -0.2) is 16.3 Å². The molecule has 0 saturated heterocycles. The molecule has 0 fully saturated rings. The molecule has 1 aliphatic heterocycles. The van der Waals surface area contributed by atoms with Crippen molar-refractivity contribution in [1.29, 1.82) is 0 Å². The number of aromatic nitrogens is 2. The SMILES string of the molecule is FC(F)(F)c1ccc(Cl)c(-c2nn(-c3cc(Cl)cc(Cl)c3)c3c2CCCCN3)c1. The lowest BCUT2D eigenvalue weighted by molar-refractivity contribution is -0.137. The Morgan fingerprint density at radius 1 is 0.966 bits per heavy atom. The lowest BCUT2D eigenvalue weighted by Gasteiger charge is -2.10. The number of anilines is 1. The maximum atomic E-state index is 13.3. The minimum atomic E-state index is -4.47. The summed E-state index contributed by atoms with van der Waals surface area (Å²) < 4.78 is 41.4. The normalized spacial score (nSPS) is 14.3. The third kappa shape index (κ3) is 4.06. The second-order valence-corrected chi connectivity index (χ2v) is 8.07. The summed E-state index contributed by atoms with van der Waals surface area (Å²) >= 11 is 18.6. The smallest absolute Gasteiger partial charge is 0.370 e. The number of nitrogens with zero attached hydrogens (tertiary/aromatic N) is 2. The molecule has 3 aromatic rings. The van der Waals surface area contributed by atoms with E-state index in [4.69, 9.17) is 34.8 Å². The number of nitrogens with one attached hydrogen (secondary N) is 1. The summed E-state index contributed by atoms with van der Waals surface area (Å²) in [5.41, 5.74) is 1.32. The first-order valence-electron chi connectivity index (χ1n) is 8.93. The number of halogens is 6. The van der Waals surface area contributed by atoms with Crippen LogP contribution in [0.1, 0.15) is 24.0 Å². The average Bonchev–Trinajstić information content (AvgIpc) is 2.81. The first kappa shape index (κ1) is 20.4. The van der Waals surface area contributed by atoms with Gasteiger partial charge in [-0.3, -0.25) is 0 Å². The number of hydrogen-bond acceptors (Lipinski definition) is 2. The third-order valence-corrected chi connectivity index (χ3v) is 5.54. The fourth-order valence-electron chi connectivity index (χ4n) is 3.45. The van der Waals surface area contributed by atoms with E-state index in [1.807, 2.05) is 0 Å². The fraction of sp³-hybridized carbons (Fsp3) is 0.250. The van der Waals surface area contributed by atoms with Crippen molar-refractivity contribution >= 4 is 40.6 Å². The van der Waals surface area contributed by atoms with Gasteiger partial charge in [0.05, 0.1) is 22.0 Å². The van der Waals surface area contributed by atoms with Gasteiger partial charge in [0.2, 0.25) is 0 Å². The van der Waals surface area contributed by atoms with E-state index in [0.29, 0.717) is 33.7 Å². The van der Waals surface area contributed by atoms with Crippen LogP contribution in [0.25, 0.3) is 16.9 Å². The van der Waals surface area contributed by atoms with E-state index in [1.165, 1.54) is 6.07 Å². The Hall–Kier alpha value is -1.89. The molecule has 9 heteroatoms. The predicted molar refractivity (Wildman–Crippen MR) is 110 cm³/mol. The number of alkyl halides is 3. The van der Waals surface area contributed by atoms with Crippen molar-refractivity contribution in [2.45, 2.75) is 25.4 Å². The Kier molecular flexibility index (Phi) is 5.44. The zero-order chi connectivity index (χ0) is 20.8. The summed E-state index contributed by atoms with van der Waals surface area (Å²) in [6.45, 7) is 0.725. The topological polar surface area (TPSA) is 29.9 Å². The van der Waals surface area contributed by atoms with Crippen LogP contribution in [0.4, 0.5) is 19.0 Å². The molecule has 1 N–H and O–H groups in total. The highest BCUT2D eigenvalue weighted by Crippen LogP contribution is 2.40. The van der Waals surface area contributed by atoms with Crippen LogP contribution < -0.4 is 5.32 Å². The molecule has 0 atom stereocenters. The molecule has 4 rings (SSSR count). The highest BCUT2D eigenvalue weighted by molar-refractivity contribution is 6.35. The summed E-state index contributed by atoms with van der Waals surface area (Å²) in [7, 11) is 0. The van der Waals surface area contributed by atoms with E-state index in [1.54, 1.807) is 22.9 Å². The maximum Gasteiger partial charge on any atom is 0.416 e. The molecule has 0 spiro atoms. The van der Waals surface area contributed by atoms with Gasteiger partial charge in [-0.1, -0.05) is 34.8 Å². The summed E-state index contributed by atoms with van der Waals surface area (Å²) in [5.74, 6) is 0.712. The molecule has 152 valence electrons. The van der Waals surface area contributed by atoms with Gasteiger partial charge in [-0.2, -0.15) is 18.3 Å². The molecule has 0 unspecified atom stereocenters. The molecule has 2 aromatic carbocycles. The highest BCUT2D eigenvalue weighted by Gasteiger charge is 2.32. The molecule has 0 amide bonds. The van der Waals surface area contributed by atoms with Crippen molar-refractivity contribution in [3.05, 3.63) is 62.6 Å². The quantitative estimate of drug-likeness (QED) is 0.436. The van der Waals surface area contributed by atoms with Crippen LogP contribution in [0.3, 0.4) is 0 Å². The molecular formula is C20H15Cl3F3N3. The fourth-order valence-corrected chi connectivity index (χ4v) is 4.17. The van der Waals surface area contributed by atoms with Gasteiger partial charge in [-0.05, 0) is 55.7 Å². The minimum Gasteiger partial charge on any atom is -0.370 e. The van der Waals surface area contributed by atoms with Gasteiger partial charge in [-0.15, -0.1) is 0 Å². The highest BCUT2D eigenvalue weighted by atomic mass is 35.5. The number of hydrogen-bond donors (Lipinski definition) is 1. The van der Waals surface area contributed by atoms with E-state index in [0.717, 1.165) is 37.1 Å². The Bertz CT molecular complexity index is 1060. The molecule has 3 nitrogen and oxygen atoms in total. The lowest BCUT2D eigenvalue weighted by atomic mass is 10.0. The van der Waals surface area contributed by atoms with Crippen LogP contribution in [0.2, 0.25) is 15.1 Å². The summed E-state index contributed by atoms with van der Waals surface area (Å²) in [5, 5.41) is 9.04. The van der Waals surface area contributed by atoms with Gasteiger partial charge in [0.25, 0.3) is 0 Å². The standard InChI is InChI=1S/C20H15Cl3F3N3/c21-12-8-13(22)10-14(9-12)29-19-15(3-1-2-6-27-19)18(28-29)16-7-11(20(24,25)26)4-5-17(16)23/h4-5,7-10,27H,1-3,6H2. The first-order chi connectivity index (χ1) is 13.7. The molecule has 1 aromatic heterocycles. The van der Waals surface area contributed by atoms with Gasteiger partial charge >= 0.3 is 6.18 Å². The van der Waals surface area contributed by atoms with Gasteiger partial charge in [0, 0.05) is 27.7 Å². The van der Waals surface area contributed by atoms with E-state index >= 15 is 0 Å². The van der Waals surface area contributed by atoms with Crippen LogP contribution in [0.5, 0.6) is 0 Å². The molecule has 0 radical (unpaired) electrons. The van der Waals surface area contributed by atoms with Crippen LogP contribution in [0, 0.1) is 0 Å². The number of rotatable bonds is 2. The van der Waals surface area contributed by atoms with Crippen LogP contribution >= 0.6 is 34.8 Å². The zero-order valence-corrected chi connectivity index (χ0v) is 17.2. The van der Waals surface area contributed by atoms with E-state index < -0.39 is 11.7 Å². The Morgan fingerprint density at radius 3 is 2.38 bits per heavy atom. The minimum absolute atomic E-state index is 0.207. The molecule has 29 heavy (non-hydrogen) atoms. The third-order valence-electron chi connectivity index (χ3n) is 4.77. The zero-order valence-electron chi connectivity index (χ0n) is 15.0. The molecule has 0 bridgehead atoms. The lowest BCUT2D eigenvalue weighted by Crippen LogP contribution is -2.07. The Labute approximate surface area is 180 Å². The summed E-state index contributed by atoms with van der Waals surface area (Å²) in [6.07, 6.45) is -2.00. The van der Waals surface area contributed by atoms with Gasteiger partial charge in [-0.25, -0.2) is 4.68 Å². The van der Waals surface area contributed by atoms with Crippen molar-refractivity contribution in [3.8, 4) is 16.9 Å². The number of benzene rings is 2. The molecule has 0 saturated carbocycles. The predicted octanol–water partition coefficient (Wildman–Crippen LogP) is 7.27. The maximum absolute atomic E-state index is 13.3. The molecule has 0 aliphatic carbocycles.